The van der Waals surface area contributed by atoms with E-state index in [9.17, 15) is 19.2 Å². The maximum atomic E-state index is 12.6. The number of hydrogen-bond donors (Lipinski definition) is 2. The maximum absolute atomic E-state index is 12.6. The minimum atomic E-state index is -0.278. The van der Waals surface area contributed by atoms with E-state index in [0.717, 1.165) is 42.7 Å². The van der Waals surface area contributed by atoms with E-state index in [1.54, 1.807) is 23.5 Å². The molecular formula is C38H43I5N3O6S2V2. The monoisotopic (exact) mass is 1440 g/mol. The second kappa shape index (κ2) is 27.9. The molecule has 18 heteroatoms. The molecular weight excluding hydrogens is 1390 g/mol. The number of nitrogens with zero attached hydrogens (tertiary/aromatic N) is 1. The van der Waals surface area contributed by atoms with Gasteiger partial charge in [0, 0.05) is 26.4 Å². The van der Waals surface area contributed by atoms with Gasteiger partial charge >= 0.3 is 126 Å². The van der Waals surface area contributed by atoms with Gasteiger partial charge in [-0.1, -0.05) is 88.4 Å². The van der Waals surface area contributed by atoms with Crippen molar-refractivity contribution in [1.82, 2.24) is 0 Å². The summed E-state index contributed by atoms with van der Waals surface area (Å²) >= 11 is 15.1. The molecule has 2 aromatic heterocycles. The predicted octanol–water partition coefficient (Wildman–Crippen LogP) is 11.4. The van der Waals surface area contributed by atoms with E-state index in [0.29, 0.717) is 51.3 Å². The summed E-state index contributed by atoms with van der Waals surface area (Å²) in [6.45, 7) is 8.11. The quantitative estimate of drug-likeness (QED) is 0.115. The molecule has 0 saturated carbocycles. The summed E-state index contributed by atoms with van der Waals surface area (Å²) < 4.78 is 9.70. The Balaban J connectivity index is 0.000000310. The van der Waals surface area contributed by atoms with Crippen LogP contribution >= 0.6 is 123 Å². The molecule has 2 aromatic carbocycles. The van der Waals surface area contributed by atoms with Gasteiger partial charge in [-0.05, 0) is 36.8 Å². The summed E-state index contributed by atoms with van der Waals surface area (Å²) in [7, 11) is 3.44. The predicted molar refractivity (Wildman–Crippen MR) is 267 cm³/mol. The fraction of sp³-hybridized carbons (Fsp3) is 0.342. The fourth-order valence-electron chi connectivity index (χ4n) is 6.11. The Labute approximate surface area is 404 Å². The molecule has 0 saturated heterocycles. The van der Waals surface area contributed by atoms with Gasteiger partial charge in [0.15, 0.2) is 5.78 Å². The number of nitrogens with one attached hydrogen (secondary N) is 1. The van der Waals surface area contributed by atoms with Crippen LogP contribution < -0.4 is 11.1 Å². The summed E-state index contributed by atoms with van der Waals surface area (Å²) in [5, 5.41) is 4.34. The van der Waals surface area contributed by atoms with Crippen molar-refractivity contribution in [1.29, 1.82) is 0 Å². The van der Waals surface area contributed by atoms with E-state index in [2.05, 4.69) is 110 Å². The molecule has 0 radical (unpaired) electrons. The number of carbonyl (C=O) groups is 4. The van der Waals surface area contributed by atoms with E-state index in [-0.39, 0.29) is 46.9 Å². The molecule has 9 nitrogen and oxygen atoms in total. The number of ketones is 1. The number of thiophene rings is 2. The number of esters is 2. The molecule has 0 bridgehead atoms. The number of fused-ring (bicyclic) bond motifs is 4. The van der Waals surface area contributed by atoms with E-state index in [1.165, 1.54) is 25.6 Å². The Morgan fingerprint density at radius 1 is 0.804 bits per heavy atom. The Kier molecular flexibility index (Phi) is 26.1. The van der Waals surface area contributed by atoms with Crippen LogP contribution in [0.5, 0.6) is 0 Å². The summed E-state index contributed by atoms with van der Waals surface area (Å²) in [6.07, 6.45) is 2.44. The SMILES string of the molecule is CC.CC.COC(=O)C1Cc2sc(N)c(C(=O)c3ccccc3)c2C1.COC(=O)C1Cc2sc3c(c2C1)C(c1ccccc1)=NCC(=O)N3.[I][V]([I])[I].[I][V][I]. The number of nitrogens with two attached hydrogens (primary N) is 1. The summed E-state index contributed by atoms with van der Waals surface area (Å²) in [6, 6.07) is 18.9. The van der Waals surface area contributed by atoms with Gasteiger partial charge in [-0.3, -0.25) is 24.2 Å². The number of ether oxygens (including phenoxy) is 2. The summed E-state index contributed by atoms with van der Waals surface area (Å²) in [4.78, 5) is 54.7. The first-order valence-corrected chi connectivity index (χ1v) is 41.5. The third-order valence-corrected chi connectivity index (χ3v) is 10.5. The molecule has 303 valence electrons. The average Bonchev–Trinajstić information content (AvgIpc) is 3.94. The number of anilines is 2. The molecule has 2 unspecified atom stereocenters. The number of aliphatic imine (C=N–C) groups is 1. The van der Waals surface area contributed by atoms with Gasteiger partial charge in [-0.25, -0.2) is 0 Å². The van der Waals surface area contributed by atoms with E-state index >= 15 is 0 Å². The molecule has 2 atom stereocenters. The average molecular weight is 1440 g/mol. The van der Waals surface area contributed by atoms with Gasteiger partial charge in [0.2, 0.25) is 5.91 Å². The topological polar surface area (TPSA) is 137 Å². The molecule has 3 aliphatic rings. The van der Waals surface area contributed by atoms with E-state index < -0.39 is 0 Å². The number of nitrogen functional groups attached to an aromatic ring is 1. The fourth-order valence-corrected chi connectivity index (χ4v) is 8.61. The normalized spacial score (nSPS) is 15.4. The summed E-state index contributed by atoms with van der Waals surface area (Å²) in [5.41, 5.74) is 12.0. The molecule has 7 rings (SSSR count). The number of carbonyl (C=O) groups excluding carboxylic acids is 4. The van der Waals surface area contributed by atoms with Gasteiger partial charge in [0.25, 0.3) is 0 Å². The molecule has 1 aliphatic heterocycles. The van der Waals surface area contributed by atoms with Crippen molar-refractivity contribution in [2.75, 3.05) is 31.8 Å². The zero-order chi connectivity index (χ0) is 41.9. The Bertz CT molecular complexity index is 1930. The van der Waals surface area contributed by atoms with Crippen LogP contribution in [0.25, 0.3) is 0 Å². The second-order valence-corrected chi connectivity index (χ2v) is 60.6. The van der Waals surface area contributed by atoms with E-state index in [4.69, 9.17) is 15.2 Å². The van der Waals surface area contributed by atoms with Crippen LogP contribution in [0.4, 0.5) is 10.0 Å². The molecule has 3 N–H and O–H groups in total. The van der Waals surface area contributed by atoms with Crippen LogP contribution in [0, 0.1) is 11.8 Å². The summed E-state index contributed by atoms with van der Waals surface area (Å²) in [5.74, 6) is -0.919. The standard InChI is InChI=1S/C18H16N2O3S.C16H15NO3S.2C2H6.5HI.2V/c1-23-18(22)11-7-12-13(8-11)24-17-15(12)16(19-9-14(21)20-17)10-5-3-2-4-6-10;1-20-16(19)10-7-11-12(8-10)21-15(17)13(11)14(18)9-5-3-2-4-6-9;2*1-2;;;;;;;/h2-6,11H,7-9H2,1H3,(H,20,21);2-6,10H,7-8,17H2,1H3;2*1-2H3;5*1H;;/q;;;;;;;;;+2;+3/p-5. The van der Waals surface area contributed by atoms with Crippen LogP contribution in [0.1, 0.15) is 75.6 Å². The van der Waals surface area contributed by atoms with Crippen molar-refractivity contribution in [3.63, 3.8) is 0 Å². The van der Waals surface area contributed by atoms with Gasteiger partial charge in [0.1, 0.15) is 11.5 Å². The Hall–Kier alpha value is 0.209. The van der Waals surface area contributed by atoms with Crippen molar-refractivity contribution in [3.8, 4) is 0 Å². The van der Waals surface area contributed by atoms with Crippen LogP contribution in [-0.2, 0) is 63.9 Å². The Morgan fingerprint density at radius 2 is 1.27 bits per heavy atom. The van der Waals surface area contributed by atoms with Crippen molar-refractivity contribution in [3.05, 3.63) is 104 Å². The van der Waals surface area contributed by atoms with Crippen molar-refractivity contribution < 1.29 is 43.0 Å². The van der Waals surface area contributed by atoms with Crippen LogP contribution in [-0.4, -0.2) is 50.1 Å². The third-order valence-electron chi connectivity index (χ3n) is 8.22. The van der Waals surface area contributed by atoms with Crippen LogP contribution in [0.3, 0.4) is 0 Å². The van der Waals surface area contributed by atoms with Crippen LogP contribution in [0.2, 0.25) is 0 Å². The Morgan fingerprint density at radius 3 is 1.77 bits per heavy atom. The zero-order valence-electron chi connectivity index (χ0n) is 31.5. The van der Waals surface area contributed by atoms with Gasteiger partial charge < -0.3 is 20.5 Å². The number of rotatable bonds is 5. The number of methoxy groups -OCH3 is 2. The number of benzene rings is 2. The zero-order valence-corrected chi connectivity index (χ0v) is 46.8. The molecule has 4 aromatic rings. The molecule has 1 amide bonds. The van der Waals surface area contributed by atoms with Crippen LogP contribution in [0.15, 0.2) is 65.7 Å². The number of halogens is 5. The van der Waals surface area contributed by atoms with Gasteiger partial charge in [-0.15, -0.1) is 22.7 Å². The van der Waals surface area contributed by atoms with Crippen molar-refractivity contribution >= 4 is 162 Å². The van der Waals surface area contributed by atoms with Crippen molar-refractivity contribution in [2.45, 2.75) is 53.4 Å². The molecule has 2 aliphatic carbocycles. The number of amides is 1. The number of hydrogen-bond acceptors (Lipinski definition) is 10. The van der Waals surface area contributed by atoms with Gasteiger partial charge in [0.05, 0.1) is 42.3 Å². The first-order valence-electron chi connectivity index (χ1n) is 17.3. The van der Waals surface area contributed by atoms with Gasteiger partial charge in [-0.2, -0.15) is 0 Å². The minimum absolute atomic E-state index is 0.0730. The molecule has 3 heterocycles. The first kappa shape index (κ1) is 52.3. The second-order valence-electron chi connectivity index (χ2n) is 11.2. The van der Waals surface area contributed by atoms with Crippen molar-refractivity contribution in [2.24, 2.45) is 16.8 Å². The molecule has 0 fully saturated rings. The molecule has 0 spiro atoms. The third kappa shape index (κ3) is 15.0. The van der Waals surface area contributed by atoms with E-state index in [1.807, 2.05) is 76.2 Å². The first-order chi connectivity index (χ1) is 26.9. The molecule has 56 heavy (non-hydrogen) atoms.